The quantitative estimate of drug-likeness (QED) is 0.0133. The summed E-state index contributed by atoms with van der Waals surface area (Å²) < 4.78 is 0. The molecule has 0 saturated heterocycles. The van der Waals surface area contributed by atoms with E-state index in [1.54, 1.807) is 36.5 Å². The molecule has 0 saturated carbocycles. The number of hydrogen-bond donors (Lipinski definition) is 12. The molecular formula is C55H83N15O7. The van der Waals surface area contributed by atoms with E-state index in [0.29, 0.717) is 37.2 Å². The summed E-state index contributed by atoms with van der Waals surface area (Å²) in [5.41, 5.74) is 22.1. The molecule has 0 radical (unpaired) electrons. The predicted octanol–water partition coefficient (Wildman–Crippen LogP) is 3.08. The first-order valence-corrected chi connectivity index (χ1v) is 27.2. The zero-order chi connectivity index (χ0) is 55.5. The van der Waals surface area contributed by atoms with E-state index in [1.807, 2.05) is 24.3 Å². The number of nitrogens with one attached hydrogen (secondary N) is 9. The number of imidazole rings is 1. The number of carbonyl (C=O) groups excluding carboxylic acids is 7. The summed E-state index contributed by atoms with van der Waals surface area (Å²) in [5, 5.41) is 21.2. The van der Waals surface area contributed by atoms with Gasteiger partial charge in [0, 0.05) is 74.3 Å². The molecule has 4 rings (SSSR count). The van der Waals surface area contributed by atoms with Crippen LogP contribution in [0, 0.1) is 0 Å². The fourth-order valence-electron chi connectivity index (χ4n) is 8.65. The van der Waals surface area contributed by atoms with Gasteiger partial charge in [0.25, 0.3) is 5.91 Å². The molecule has 7 amide bonds. The summed E-state index contributed by atoms with van der Waals surface area (Å²) in [6.07, 6.45) is 23.1. The van der Waals surface area contributed by atoms with Crippen molar-refractivity contribution < 1.29 is 33.6 Å². The molecule has 15 N–H and O–H groups in total. The molecule has 420 valence electrons. The normalized spacial score (nSPS) is 12.7. The van der Waals surface area contributed by atoms with Crippen LogP contribution in [-0.4, -0.2) is 119 Å². The molecule has 2 heterocycles. The Hall–Kier alpha value is -7.78. The van der Waals surface area contributed by atoms with Crippen LogP contribution in [0.4, 0.5) is 0 Å². The molecule has 22 nitrogen and oxygen atoms in total. The van der Waals surface area contributed by atoms with Crippen molar-refractivity contribution in [1.82, 2.24) is 52.3 Å². The third-order valence-corrected chi connectivity index (χ3v) is 12.9. The lowest BCUT2D eigenvalue weighted by atomic mass is 10.0. The summed E-state index contributed by atoms with van der Waals surface area (Å²) in [6, 6.07) is 11.5. The van der Waals surface area contributed by atoms with Crippen molar-refractivity contribution in [3.63, 3.8) is 0 Å². The second kappa shape index (κ2) is 36.2. The Balaban J connectivity index is 1.27. The van der Waals surface area contributed by atoms with Crippen LogP contribution in [-0.2, 0) is 52.8 Å². The number of hydrazone groups is 1. The lowest BCUT2D eigenvalue weighted by Gasteiger charge is -2.26. The van der Waals surface area contributed by atoms with Crippen molar-refractivity contribution in [2.24, 2.45) is 27.3 Å². The van der Waals surface area contributed by atoms with Gasteiger partial charge in [0.2, 0.25) is 35.4 Å². The van der Waals surface area contributed by atoms with Crippen LogP contribution >= 0.6 is 0 Å². The van der Waals surface area contributed by atoms with Crippen LogP contribution in [0.1, 0.15) is 133 Å². The van der Waals surface area contributed by atoms with E-state index in [4.69, 9.17) is 17.2 Å². The van der Waals surface area contributed by atoms with Gasteiger partial charge in [-0.25, -0.2) is 4.98 Å². The lowest BCUT2D eigenvalue weighted by Crippen LogP contribution is -2.59. The number of amides is 7. The number of benzene rings is 2. The summed E-state index contributed by atoms with van der Waals surface area (Å²) in [5.74, 6) is -4.29. The number of para-hydroxylation sites is 1. The zero-order valence-electron chi connectivity index (χ0n) is 44.7. The maximum atomic E-state index is 14.3. The summed E-state index contributed by atoms with van der Waals surface area (Å²) >= 11 is 0. The Morgan fingerprint density at radius 2 is 1.23 bits per heavy atom. The number of carbonyl (C=O) groups is 7. The van der Waals surface area contributed by atoms with Crippen molar-refractivity contribution in [3.05, 3.63) is 90.1 Å². The Labute approximate surface area is 451 Å². The highest BCUT2D eigenvalue weighted by atomic mass is 16.2. The smallest absolute Gasteiger partial charge is 0.264 e. The second-order valence-corrected chi connectivity index (χ2v) is 19.3. The van der Waals surface area contributed by atoms with Gasteiger partial charge < -0.3 is 64.5 Å². The van der Waals surface area contributed by atoms with Crippen molar-refractivity contribution in [2.75, 3.05) is 26.2 Å². The third-order valence-electron chi connectivity index (χ3n) is 12.9. The Morgan fingerprint density at radius 1 is 0.623 bits per heavy atom. The average Bonchev–Trinajstić information content (AvgIpc) is 4.09. The van der Waals surface area contributed by atoms with E-state index in [2.05, 4.69) is 69.3 Å². The van der Waals surface area contributed by atoms with Gasteiger partial charge in [-0.15, -0.1) is 0 Å². The molecule has 77 heavy (non-hydrogen) atoms. The molecule has 0 aliphatic carbocycles. The number of aromatic nitrogens is 3. The molecule has 22 heteroatoms. The van der Waals surface area contributed by atoms with Crippen molar-refractivity contribution in [2.45, 2.75) is 160 Å². The molecule has 0 unspecified atom stereocenters. The number of aromatic amines is 2. The van der Waals surface area contributed by atoms with Crippen molar-refractivity contribution >= 4 is 64.4 Å². The van der Waals surface area contributed by atoms with Crippen molar-refractivity contribution in [1.29, 1.82) is 0 Å². The lowest BCUT2D eigenvalue weighted by molar-refractivity contribution is -0.134. The number of rotatable bonds is 40. The number of H-pyrrole nitrogens is 2. The van der Waals surface area contributed by atoms with Crippen LogP contribution in [0.15, 0.2) is 83.4 Å². The number of guanidine groups is 1. The van der Waals surface area contributed by atoms with Crippen LogP contribution < -0.4 is 54.5 Å². The standard InChI is InChI=1S/C55H83N15O7/c1-2-3-4-5-6-7-8-9-10-11-12-13-17-27-48(71)60-29-21-30-61-49(72)36-65-66-37-50(73)67-47(33-41-35-59-38-64-41)54(77)70-46(31-39-22-15-14-16-23-39)53(76)68-44(26-20-28-62-55(57)58)52(75)69-45(51(56)74)32-40-34-63-43-25-19-18-24-42(40)43/h14-16,18-19,22-25,34-36,38,44-47,63,66H,2-13,17,20-21,26-33,37H2,1H3,(H2,56,74)(H,59,64)(H,60,71)(H,61,72)(H,67,73)(H,68,76)(H,69,75)(H,70,77)(H4,57,58,62)/b65-36+/t44-,45-,46+,47-/m0/s1. The highest BCUT2D eigenvalue weighted by molar-refractivity contribution is 6.26. The molecular weight excluding hydrogens is 983 g/mol. The Morgan fingerprint density at radius 3 is 1.90 bits per heavy atom. The number of nitrogens with zero attached hydrogens (tertiary/aromatic N) is 3. The van der Waals surface area contributed by atoms with Gasteiger partial charge in [0.05, 0.1) is 6.33 Å². The van der Waals surface area contributed by atoms with E-state index in [0.717, 1.165) is 41.9 Å². The Bertz CT molecular complexity index is 2460. The van der Waals surface area contributed by atoms with E-state index < -0.39 is 66.2 Å². The van der Waals surface area contributed by atoms with Crippen LogP contribution in [0.25, 0.3) is 10.9 Å². The fraction of sp³-hybridized carbons (Fsp3) is 0.527. The summed E-state index contributed by atoms with van der Waals surface area (Å²) in [7, 11) is 0. The third kappa shape index (κ3) is 25.5. The minimum Gasteiger partial charge on any atom is -0.370 e. The summed E-state index contributed by atoms with van der Waals surface area (Å²) in [6.45, 7) is 2.67. The molecule has 4 atom stereocenters. The highest BCUT2D eigenvalue weighted by Crippen LogP contribution is 2.20. The monoisotopic (exact) mass is 1070 g/mol. The summed E-state index contributed by atoms with van der Waals surface area (Å²) in [4.78, 5) is 107. The van der Waals surface area contributed by atoms with Gasteiger partial charge in [-0.05, 0) is 42.9 Å². The number of aliphatic imine (C=N–C) groups is 1. The minimum absolute atomic E-state index is 0.000441. The van der Waals surface area contributed by atoms with Gasteiger partial charge in [0.1, 0.15) is 36.9 Å². The molecule has 0 aliphatic heterocycles. The molecule has 0 spiro atoms. The van der Waals surface area contributed by atoms with Crippen LogP contribution in [0.2, 0.25) is 0 Å². The predicted molar refractivity (Wildman–Crippen MR) is 299 cm³/mol. The topological polar surface area (TPSA) is 351 Å². The average molecular weight is 1070 g/mol. The van der Waals surface area contributed by atoms with Gasteiger partial charge in [-0.1, -0.05) is 133 Å². The Kier molecular flexibility index (Phi) is 29.1. The van der Waals surface area contributed by atoms with E-state index >= 15 is 0 Å². The van der Waals surface area contributed by atoms with Gasteiger partial charge in [-0.2, -0.15) is 5.10 Å². The first-order valence-electron chi connectivity index (χ1n) is 27.2. The van der Waals surface area contributed by atoms with Gasteiger partial charge in [0.15, 0.2) is 5.96 Å². The van der Waals surface area contributed by atoms with Gasteiger partial charge >= 0.3 is 0 Å². The van der Waals surface area contributed by atoms with E-state index in [9.17, 15) is 33.6 Å². The number of fused-ring (bicyclic) bond motifs is 1. The molecule has 2 aromatic heterocycles. The number of unbranched alkanes of at least 4 members (excludes halogenated alkanes) is 12. The zero-order valence-corrected chi connectivity index (χ0v) is 44.7. The highest BCUT2D eigenvalue weighted by Gasteiger charge is 2.32. The largest absolute Gasteiger partial charge is 0.370 e. The van der Waals surface area contributed by atoms with Crippen molar-refractivity contribution in [3.8, 4) is 0 Å². The van der Waals surface area contributed by atoms with E-state index in [-0.39, 0.29) is 50.5 Å². The van der Waals surface area contributed by atoms with E-state index in [1.165, 1.54) is 76.7 Å². The number of hydrogen-bond acceptors (Lipinski definition) is 11. The molecule has 0 aliphatic rings. The number of nitrogens with two attached hydrogens (primary N) is 3. The molecule has 0 fully saturated rings. The second-order valence-electron chi connectivity index (χ2n) is 19.3. The first-order chi connectivity index (χ1) is 37.3. The van der Waals surface area contributed by atoms with Gasteiger partial charge in [-0.3, -0.25) is 38.6 Å². The molecule has 4 aromatic rings. The number of primary amides is 1. The first kappa shape index (κ1) is 61.8. The SMILES string of the molecule is CCCCCCCCCCCCCCCC(=O)NCCCNC(=O)/C=N/NCC(=O)N[C@@H](Cc1cnc[nH]1)C(=O)N[C@H](Cc1ccccc1)C(=O)N[C@@H](CCCN=C(N)N)C(=O)N[C@@H](Cc1c[nH]c2ccccc12)C(N)=O. The van der Waals surface area contributed by atoms with Crippen LogP contribution in [0.3, 0.4) is 0 Å². The van der Waals surface area contributed by atoms with Crippen LogP contribution in [0.5, 0.6) is 0 Å². The fourth-order valence-corrected chi connectivity index (χ4v) is 8.65. The maximum Gasteiger partial charge on any atom is 0.264 e. The maximum absolute atomic E-state index is 14.3. The minimum atomic E-state index is -1.27. The molecule has 0 bridgehead atoms. The molecule has 2 aromatic carbocycles.